The molecule has 0 aromatic heterocycles. The molecule has 1 aromatic carbocycles. The number of likely N-dealkylation sites (tertiary alicyclic amines) is 1. The molecule has 0 saturated carbocycles. The van der Waals surface area contributed by atoms with Crippen LogP contribution in [0.1, 0.15) is 57.2 Å². The van der Waals surface area contributed by atoms with Gasteiger partial charge in [-0.3, -0.25) is 14.4 Å². The van der Waals surface area contributed by atoms with Crippen molar-refractivity contribution < 1.29 is 14.4 Å². The Kier molecular flexibility index (Phi) is 10.1. The molecule has 10 heteroatoms. The second kappa shape index (κ2) is 12.4. The maximum absolute atomic E-state index is 13.9. The fraction of sp³-hybridized carbons (Fsp3) is 0.654. The van der Waals surface area contributed by atoms with E-state index in [-0.39, 0.29) is 46.2 Å². The summed E-state index contributed by atoms with van der Waals surface area (Å²) in [7, 11) is 1.72. The highest BCUT2D eigenvalue weighted by Crippen LogP contribution is 2.52. The quantitative estimate of drug-likeness (QED) is 0.480. The molecule has 1 aliphatic carbocycles. The number of nitrogens with zero attached hydrogens (tertiary/aromatic N) is 1. The van der Waals surface area contributed by atoms with E-state index in [1.807, 2.05) is 49.5 Å². The third kappa shape index (κ3) is 6.17. The summed E-state index contributed by atoms with van der Waals surface area (Å²) in [6.45, 7) is 6.17. The maximum Gasteiger partial charge on any atom is 0.246 e. The van der Waals surface area contributed by atoms with Crippen LogP contribution in [0.4, 0.5) is 0 Å². The van der Waals surface area contributed by atoms with Crippen LogP contribution in [0.3, 0.4) is 0 Å². The largest absolute Gasteiger partial charge is 0.347 e. The zero-order chi connectivity index (χ0) is 25.2. The SMILES string of the molecule is CN[C@H](C)C(=O)N[C@H](C(=O)N1CC2(C[C@H]1C(=O)NC1CCCc3ccccc31)SCCS2)C(C)C.Cl. The molecule has 3 N–H and O–H groups in total. The number of hydrogen-bond donors (Lipinski definition) is 3. The highest BCUT2D eigenvalue weighted by atomic mass is 35.5. The Labute approximate surface area is 229 Å². The Bertz CT molecular complexity index is 957. The van der Waals surface area contributed by atoms with Gasteiger partial charge in [0, 0.05) is 24.5 Å². The fourth-order valence-corrected chi connectivity index (χ4v) is 8.54. The second-order valence-corrected chi connectivity index (χ2v) is 13.4. The lowest BCUT2D eigenvalue weighted by Gasteiger charge is -2.33. The first kappa shape index (κ1) is 29.1. The van der Waals surface area contributed by atoms with E-state index >= 15 is 0 Å². The van der Waals surface area contributed by atoms with Gasteiger partial charge in [-0.2, -0.15) is 0 Å². The molecule has 7 nitrogen and oxygen atoms in total. The number of rotatable bonds is 7. The van der Waals surface area contributed by atoms with Crippen molar-refractivity contribution in [3.05, 3.63) is 35.4 Å². The van der Waals surface area contributed by atoms with Gasteiger partial charge in [0.15, 0.2) is 0 Å². The molecule has 1 aromatic rings. The van der Waals surface area contributed by atoms with Crippen molar-refractivity contribution in [1.82, 2.24) is 20.9 Å². The van der Waals surface area contributed by atoms with Gasteiger partial charge in [-0.05, 0) is 50.3 Å². The zero-order valence-electron chi connectivity index (χ0n) is 21.5. The Morgan fingerprint density at radius 1 is 1.11 bits per heavy atom. The molecule has 200 valence electrons. The van der Waals surface area contributed by atoms with Crippen molar-refractivity contribution in [3.8, 4) is 0 Å². The molecule has 2 aliphatic heterocycles. The molecule has 3 amide bonds. The van der Waals surface area contributed by atoms with E-state index in [9.17, 15) is 14.4 Å². The first-order valence-corrected chi connectivity index (χ1v) is 14.7. The van der Waals surface area contributed by atoms with Gasteiger partial charge in [-0.1, -0.05) is 38.1 Å². The Morgan fingerprint density at radius 2 is 1.81 bits per heavy atom. The number of hydrogen-bond acceptors (Lipinski definition) is 6. The van der Waals surface area contributed by atoms with Crippen molar-refractivity contribution in [2.45, 2.75) is 74.7 Å². The van der Waals surface area contributed by atoms with Gasteiger partial charge in [0.2, 0.25) is 17.7 Å². The van der Waals surface area contributed by atoms with Crippen LogP contribution in [-0.2, 0) is 20.8 Å². The van der Waals surface area contributed by atoms with E-state index in [1.165, 1.54) is 11.1 Å². The number of thioether (sulfide) groups is 2. The summed E-state index contributed by atoms with van der Waals surface area (Å²) < 4.78 is -0.147. The number of carbonyl (C=O) groups is 3. The van der Waals surface area contributed by atoms with Crippen LogP contribution >= 0.6 is 35.9 Å². The van der Waals surface area contributed by atoms with Gasteiger partial charge in [0.05, 0.1) is 16.2 Å². The van der Waals surface area contributed by atoms with Crippen LogP contribution < -0.4 is 16.0 Å². The summed E-state index contributed by atoms with van der Waals surface area (Å²) in [4.78, 5) is 42.0. The van der Waals surface area contributed by atoms with E-state index in [4.69, 9.17) is 0 Å². The van der Waals surface area contributed by atoms with E-state index in [2.05, 4.69) is 28.1 Å². The molecule has 4 atom stereocenters. The molecule has 0 radical (unpaired) electrons. The van der Waals surface area contributed by atoms with Crippen LogP contribution in [0.25, 0.3) is 0 Å². The summed E-state index contributed by atoms with van der Waals surface area (Å²) in [6.07, 6.45) is 3.62. The number of halogens is 1. The molecule has 0 bridgehead atoms. The number of benzene rings is 1. The molecule has 4 rings (SSSR count). The monoisotopic (exact) mass is 554 g/mol. The van der Waals surface area contributed by atoms with E-state index in [0.29, 0.717) is 13.0 Å². The van der Waals surface area contributed by atoms with Crippen LogP contribution in [0.2, 0.25) is 0 Å². The van der Waals surface area contributed by atoms with E-state index in [0.717, 1.165) is 30.8 Å². The van der Waals surface area contributed by atoms with Gasteiger partial charge < -0.3 is 20.9 Å². The number of nitrogens with one attached hydrogen (secondary N) is 3. The molecule has 2 fully saturated rings. The van der Waals surface area contributed by atoms with Crippen molar-refractivity contribution in [2.24, 2.45) is 5.92 Å². The molecule has 2 saturated heterocycles. The van der Waals surface area contributed by atoms with Gasteiger partial charge >= 0.3 is 0 Å². The summed E-state index contributed by atoms with van der Waals surface area (Å²) in [6, 6.07) is 6.69. The molecular weight excluding hydrogens is 516 g/mol. The van der Waals surface area contributed by atoms with Crippen molar-refractivity contribution >= 4 is 53.7 Å². The molecule has 1 unspecified atom stereocenters. The van der Waals surface area contributed by atoms with Crippen LogP contribution in [-0.4, -0.2) is 69.9 Å². The molecule has 3 aliphatic rings. The molecule has 1 spiro atoms. The second-order valence-electron chi connectivity index (χ2n) is 10.2. The minimum atomic E-state index is -0.671. The predicted octanol–water partition coefficient (Wildman–Crippen LogP) is 3.13. The van der Waals surface area contributed by atoms with Gasteiger partial charge in [-0.15, -0.1) is 35.9 Å². The smallest absolute Gasteiger partial charge is 0.246 e. The normalized spacial score (nSPS) is 24.1. The zero-order valence-corrected chi connectivity index (χ0v) is 24.0. The van der Waals surface area contributed by atoms with Crippen molar-refractivity contribution in [3.63, 3.8) is 0 Å². The van der Waals surface area contributed by atoms with Crippen LogP contribution in [0.5, 0.6) is 0 Å². The molecule has 2 heterocycles. The van der Waals surface area contributed by atoms with Crippen molar-refractivity contribution in [1.29, 1.82) is 0 Å². The summed E-state index contributed by atoms with van der Waals surface area (Å²) in [5.74, 6) is 1.51. The first-order valence-electron chi connectivity index (χ1n) is 12.7. The number of likely N-dealkylation sites (N-methyl/N-ethyl adjacent to an activating group) is 1. The highest BCUT2D eigenvalue weighted by molar-refractivity contribution is 8.21. The minimum Gasteiger partial charge on any atom is -0.347 e. The standard InChI is InChI=1S/C26H38N4O3S2.ClH/c1-16(2)22(29-23(31)17(3)27-4)25(33)30-15-26(34-12-13-35-26)14-21(30)24(32)28-20-11-7-9-18-8-5-6-10-19(18)20;/h5-6,8,10,16-17,20-22,27H,7,9,11-15H2,1-4H3,(H,28,32)(H,29,31);1H/t17-,20?,21+,22+;/m1./s1. The van der Waals surface area contributed by atoms with Crippen molar-refractivity contribution in [2.75, 3.05) is 25.1 Å². The van der Waals surface area contributed by atoms with Crippen LogP contribution in [0, 0.1) is 5.92 Å². The Hall–Kier alpha value is -1.42. The third-order valence-corrected chi connectivity index (χ3v) is 10.9. The minimum absolute atomic E-state index is 0. The van der Waals surface area contributed by atoms with Gasteiger partial charge in [-0.25, -0.2) is 0 Å². The summed E-state index contributed by atoms with van der Waals surface area (Å²) >= 11 is 3.73. The lowest BCUT2D eigenvalue weighted by atomic mass is 9.87. The number of aryl methyl sites for hydroxylation is 1. The third-order valence-electron chi connectivity index (χ3n) is 7.43. The fourth-order valence-electron chi connectivity index (χ4n) is 5.28. The number of amides is 3. The average Bonchev–Trinajstić information content (AvgIpc) is 3.48. The number of carbonyl (C=O) groups excluding carboxylic acids is 3. The summed E-state index contributed by atoms with van der Waals surface area (Å²) in [5.41, 5.74) is 2.48. The predicted molar refractivity (Wildman–Crippen MR) is 151 cm³/mol. The number of fused-ring (bicyclic) bond motifs is 1. The molecular formula is C26H39ClN4O3S2. The topological polar surface area (TPSA) is 90.5 Å². The van der Waals surface area contributed by atoms with Gasteiger partial charge in [0.25, 0.3) is 0 Å². The lowest BCUT2D eigenvalue weighted by Crippen LogP contribution is -2.57. The maximum atomic E-state index is 13.9. The Balaban J connectivity index is 0.00000361. The summed E-state index contributed by atoms with van der Waals surface area (Å²) in [5, 5.41) is 9.16. The lowest BCUT2D eigenvalue weighted by molar-refractivity contribution is -0.142. The van der Waals surface area contributed by atoms with Crippen LogP contribution in [0.15, 0.2) is 24.3 Å². The highest BCUT2D eigenvalue weighted by Gasteiger charge is 2.52. The van der Waals surface area contributed by atoms with E-state index < -0.39 is 18.1 Å². The van der Waals surface area contributed by atoms with Gasteiger partial charge in [0.1, 0.15) is 12.1 Å². The Morgan fingerprint density at radius 3 is 2.47 bits per heavy atom. The first-order chi connectivity index (χ1) is 16.7. The molecule has 36 heavy (non-hydrogen) atoms. The van der Waals surface area contributed by atoms with E-state index in [1.54, 1.807) is 18.9 Å². The average molecular weight is 555 g/mol.